The van der Waals surface area contributed by atoms with Crippen molar-refractivity contribution in [1.29, 1.82) is 0 Å². The van der Waals surface area contributed by atoms with E-state index in [1.165, 1.54) is 5.56 Å². The van der Waals surface area contributed by atoms with Crippen molar-refractivity contribution in [3.8, 4) is 0 Å². The highest BCUT2D eigenvalue weighted by Gasteiger charge is 2.16. The standard InChI is InChI=1S/C22H22N2O3S/c1-4-27-21(26)19-15(2)24(3)22(28-19)23-20(25)18-12-10-17(11-13-18)14-16-8-6-5-7-9-16/h5-13H,4,14H2,1-3H3. The minimum absolute atomic E-state index is 0.306. The van der Waals surface area contributed by atoms with E-state index in [9.17, 15) is 9.59 Å². The van der Waals surface area contributed by atoms with Gasteiger partial charge < -0.3 is 9.30 Å². The predicted octanol–water partition coefficient (Wildman–Crippen LogP) is 3.90. The first-order chi connectivity index (χ1) is 13.5. The number of hydrogen-bond acceptors (Lipinski definition) is 4. The molecule has 0 radical (unpaired) electrons. The van der Waals surface area contributed by atoms with E-state index in [-0.39, 0.29) is 11.9 Å². The number of carbonyl (C=O) groups excluding carboxylic acids is 2. The van der Waals surface area contributed by atoms with Crippen molar-refractivity contribution in [3.05, 3.63) is 86.7 Å². The van der Waals surface area contributed by atoms with Gasteiger partial charge in [0.2, 0.25) is 0 Å². The van der Waals surface area contributed by atoms with Gasteiger partial charge in [0.05, 0.1) is 6.61 Å². The Morgan fingerprint density at radius 1 is 1.04 bits per heavy atom. The van der Waals surface area contributed by atoms with Crippen LogP contribution in [0.5, 0.6) is 0 Å². The fraction of sp³-hybridized carbons (Fsp3) is 0.227. The van der Waals surface area contributed by atoms with E-state index < -0.39 is 0 Å². The number of esters is 1. The third-order valence-electron chi connectivity index (χ3n) is 4.42. The van der Waals surface area contributed by atoms with Crippen molar-refractivity contribution in [1.82, 2.24) is 4.57 Å². The van der Waals surface area contributed by atoms with E-state index in [2.05, 4.69) is 17.1 Å². The Balaban J connectivity index is 1.81. The van der Waals surface area contributed by atoms with E-state index in [1.807, 2.05) is 37.3 Å². The SMILES string of the molecule is CCOC(=O)c1sc(=NC(=O)c2ccc(Cc3ccccc3)cc2)n(C)c1C. The van der Waals surface area contributed by atoms with Crippen LogP contribution >= 0.6 is 11.3 Å². The molecular weight excluding hydrogens is 372 g/mol. The summed E-state index contributed by atoms with van der Waals surface area (Å²) in [5.74, 6) is -0.724. The summed E-state index contributed by atoms with van der Waals surface area (Å²) in [6.07, 6.45) is 0.814. The Morgan fingerprint density at radius 3 is 2.32 bits per heavy atom. The molecule has 0 saturated heterocycles. The Hall–Kier alpha value is -2.99. The third kappa shape index (κ3) is 4.46. The molecule has 0 N–H and O–H groups in total. The van der Waals surface area contributed by atoms with E-state index in [1.54, 1.807) is 30.7 Å². The molecule has 6 heteroatoms. The van der Waals surface area contributed by atoms with Crippen molar-refractivity contribution < 1.29 is 14.3 Å². The fourth-order valence-electron chi connectivity index (χ4n) is 2.76. The largest absolute Gasteiger partial charge is 0.462 e. The zero-order valence-electron chi connectivity index (χ0n) is 16.1. The molecule has 28 heavy (non-hydrogen) atoms. The first kappa shape index (κ1) is 19.8. The minimum Gasteiger partial charge on any atom is -0.462 e. The molecule has 3 aromatic rings. The molecule has 1 heterocycles. The van der Waals surface area contributed by atoms with Gasteiger partial charge in [0.25, 0.3) is 5.91 Å². The molecule has 0 aliphatic heterocycles. The van der Waals surface area contributed by atoms with Crippen LogP contribution in [-0.4, -0.2) is 23.1 Å². The third-order valence-corrected chi connectivity index (χ3v) is 5.64. The molecule has 0 unspecified atom stereocenters. The number of aromatic nitrogens is 1. The molecule has 3 rings (SSSR count). The first-order valence-electron chi connectivity index (χ1n) is 9.05. The summed E-state index contributed by atoms with van der Waals surface area (Å²) in [5, 5.41) is 0. The molecule has 2 aromatic carbocycles. The molecule has 0 spiro atoms. The minimum atomic E-state index is -0.389. The van der Waals surface area contributed by atoms with Crippen molar-refractivity contribution in [2.24, 2.45) is 12.0 Å². The second-order valence-electron chi connectivity index (χ2n) is 6.35. The second kappa shape index (κ2) is 8.80. The molecule has 0 fully saturated rings. The molecule has 0 aliphatic rings. The number of ether oxygens (including phenoxy) is 1. The average Bonchev–Trinajstić information content (AvgIpc) is 2.98. The van der Waals surface area contributed by atoms with Crippen LogP contribution in [0.4, 0.5) is 0 Å². The molecule has 0 atom stereocenters. The summed E-state index contributed by atoms with van der Waals surface area (Å²) in [6, 6.07) is 17.6. The monoisotopic (exact) mass is 394 g/mol. The van der Waals surface area contributed by atoms with E-state index in [0.717, 1.165) is 29.0 Å². The lowest BCUT2D eigenvalue weighted by Crippen LogP contribution is -2.14. The number of nitrogens with zero attached hydrogens (tertiary/aromatic N) is 2. The van der Waals surface area contributed by atoms with E-state index in [0.29, 0.717) is 21.8 Å². The highest BCUT2D eigenvalue weighted by molar-refractivity contribution is 7.11. The zero-order valence-corrected chi connectivity index (χ0v) is 17.0. The molecule has 5 nitrogen and oxygen atoms in total. The maximum Gasteiger partial charge on any atom is 0.350 e. The van der Waals surface area contributed by atoms with Crippen LogP contribution in [0, 0.1) is 6.92 Å². The lowest BCUT2D eigenvalue weighted by molar-refractivity contribution is 0.0530. The zero-order chi connectivity index (χ0) is 20.1. The van der Waals surface area contributed by atoms with Crippen LogP contribution in [0.3, 0.4) is 0 Å². The number of benzene rings is 2. The van der Waals surface area contributed by atoms with Gasteiger partial charge in [0, 0.05) is 18.3 Å². The summed E-state index contributed by atoms with van der Waals surface area (Å²) in [7, 11) is 1.78. The van der Waals surface area contributed by atoms with Gasteiger partial charge in [-0.3, -0.25) is 4.79 Å². The van der Waals surface area contributed by atoms with Crippen LogP contribution < -0.4 is 4.80 Å². The summed E-state index contributed by atoms with van der Waals surface area (Å²) < 4.78 is 6.79. The molecule has 0 bridgehead atoms. The van der Waals surface area contributed by atoms with Gasteiger partial charge in [-0.25, -0.2) is 4.79 Å². The molecular formula is C22H22N2O3S. The van der Waals surface area contributed by atoms with Gasteiger partial charge in [-0.2, -0.15) is 4.99 Å². The first-order valence-corrected chi connectivity index (χ1v) is 9.86. The van der Waals surface area contributed by atoms with Gasteiger partial charge >= 0.3 is 5.97 Å². The van der Waals surface area contributed by atoms with Crippen molar-refractivity contribution in [2.45, 2.75) is 20.3 Å². The molecule has 0 aliphatic carbocycles. The number of thiazole rings is 1. The summed E-state index contributed by atoms with van der Waals surface area (Å²) >= 11 is 1.16. The maximum atomic E-state index is 12.6. The Morgan fingerprint density at radius 2 is 1.68 bits per heavy atom. The van der Waals surface area contributed by atoms with Crippen molar-refractivity contribution in [3.63, 3.8) is 0 Å². The van der Waals surface area contributed by atoms with Gasteiger partial charge in [-0.1, -0.05) is 53.8 Å². The van der Waals surface area contributed by atoms with Gasteiger partial charge in [0.15, 0.2) is 4.80 Å². The molecule has 1 aromatic heterocycles. The topological polar surface area (TPSA) is 60.7 Å². The van der Waals surface area contributed by atoms with Crippen LogP contribution in [0.25, 0.3) is 0 Å². The Labute approximate surface area is 168 Å². The van der Waals surface area contributed by atoms with E-state index >= 15 is 0 Å². The van der Waals surface area contributed by atoms with Crippen LogP contribution in [0.2, 0.25) is 0 Å². The molecule has 144 valence electrons. The van der Waals surface area contributed by atoms with E-state index in [4.69, 9.17) is 4.74 Å². The second-order valence-corrected chi connectivity index (χ2v) is 7.33. The fourth-order valence-corrected chi connectivity index (χ4v) is 3.77. The molecule has 0 saturated carbocycles. The summed E-state index contributed by atoms with van der Waals surface area (Å²) in [4.78, 5) is 29.7. The van der Waals surface area contributed by atoms with Gasteiger partial charge in [0.1, 0.15) is 4.88 Å². The number of carbonyl (C=O) groups is 2. The Kier molecular flexibility index (Phi) is 6.21. The van der Waals surface area contributed by atoms with Crippen LogP contribution in [0.15, 0.2) is 59.6 Å². The van der Waals surface area contributed by atoms with Crippen molar-refractivity contribution >= 4 is 23.2 Å². The average molecular weight is 394 g/mol. The molecule has 1 amide bonds. The number of rotatable bonds is 5. The van der Waals surface area contributed by atoms with Crippen LogP contribution in [0.1, 0.15) is 43.8 Å². The number of amides is 1. The lowest BCUT2D eigenvalue weighted by atomic mass is 10.0. The normalized spacial score (nSPS) is 11.5. The highest BCUT2D eigenvalue weighted by Crippen LogP contribution is 2.14. The highest BCUT2D eigenvalue weighted by atomic mass is 32.1. The van der Waals surface area contributed by atoms with Gasteiger partial charge in [-0.15, -0.1) is 0 Å². The predicted molar refractivity (Wildman–Crippen MR) is 110 cm³/mol. The quantitative estimate of drug-likeness (QED) is 0.617. The maximum absolute atomic E-state index is 12.6. The van der Waals surface area contributed by atoms with Crippen LogP contribution in [-0.2, 0) is 18.2 Å². The summed E-state index contributed by atoms with van der Waals surface area (Å²) in [5.41, 5.74) is 3.59. The Bertz CT molecular complexity index is 1050. The van der Waals surface area contributed by atoms with Gasteiger partial charge in [-0.05, 0) is 43.5 Å². The number of hydrogen-bond donors (Lipinski definition) is 0. The lowest BCUT2D eigenvalue weighted by Gasteiger charge is -2.03. The smallest absolute Gasteiger partial charge is 0.350 e. The van der Waals surface area contributed by atoms with Crippen molar-refractivity contribution in [2.75, 3.05) is 6.61 Å². The summed E-state index contributed by atoms with van der Waals surface area (Å²) in [6.45, 7) is 3.88.